The Morgan fingerprint density at radius 2 is 1.76 bits per heavy atom. The van der Waals surface area contributed by atoms with E-state index in [4.69, 9.17) is 4.74 Å². The summed E-state index contributed by atoms with van der Waals surface area (Å²) >= 11 is 0. The molecule has 202 valence electrons. The smallest absolute Gasteiger partial charge is 0.323 e. The van der Waals surface area contributed by atoms with Crippen molar-refractivity contribution in [2.75, 3.05) is 36.8 Å². The second kappa shape index (κ2) is 14.2. The molecule has 0 spiro atoms. The number of carbonyl (C=O) groups is 2. The first-order chi connectivity index (χ1) is 18.3. The van der Waals surface area contributed by atoms with Gasteiger partial charge in [-0.05, 0) is 114 Å². The van der Waals surface area contributed by atoms with Crippen LogP contribution >= 0.6 is 0 Å². The van der Waals surface area contributed by atoms with E-state index in [9.17, 15) is 9.59 Å². The summed E-state index contributed by atoms with van der Waals surface area (Å²) in [4.78, 5) is 28.2. The van der Waals surface area contributed by atoms with E-state index in [0.717, 1.165) is 42.8 Å². The van der Waals surface area contributed by atoms with Gasteiger partial charge < -0.3 is 25.6 Å². The molecule has 7 heteroatoms. The third-order valence-electron chi connectivity index (χ3n) is 6.56. The van der Waals surface area contributed by atoms with Gasteiger partial charge in [0.25, 0.3) is 5.91 Å². The molecule has 1 aliphatic heterocycles. The molecule has 2 aromatic carbocycles. The molecule has 1 heterocycles. The third-order valence-corrected chi connectivity index (χ3v) is 6.56. The van der Waals surface area contributed by atoms with Gasteiger partial charge >= 0.3 is 6.03 Å². The zero-order valence-corrected chi connectivity index (χ0v) is 23.0. The van der Waals surface area contributed by atoms with E-state index in [1.807, 2.05) is 64.1 Å². The van der Waals surface area contributed by atoms with Crippen molar-refractivity contribution >= 4 is 23.3 Å². The fourth-order valence-electron chi connectivity index (χ4n) is 4.10. The molecule has 0 radical (unpaired) electrons. The van der Waals surface area contributed by atoms with Crippen molar-refractivity contribution in [3.05, 3.63) is 89.2 Å². The minimum Gasteiger partial charge on any atom is -0.456 e. The Bertz CT molecular complexity index is 1210. The molecule has 7 nitrogen and oxygen atoms in total. The summed E-state index contributed by atoms with van der Waals surface area (Å²) in [5.74, 6) is 0.839. The lowest BCUT2D eigenvalue weighted by molar-refractivity contribution is 0.0952. The zero-order valence-electron chi connectivity index (χ0n) is 23.0. The molecule has 1 aliphatic rings. The number of aryl methyl sites for hydroxylation is 1. The summed E-state index contributed by atoms with van der Waals surface area (Å²) < 4.78 is 6.14. The maximum absolute atomic E-state index is 12.9. The Balaban J connectivity index is 1.76. The van der Waals surface area contributed by atoms with Crippen LogP contribution in [0.15, 0.2) is 78.1 Å². The average molecular weight is 517 g/mol. The molecule has 0 unspecified atom stereocenters. The van der Waals surface area contributed by atoms with Crippen molar-refractivity contribution in [2.24, 2.45) is 0 Å². The van der Waals surface area contributed by atoms with Gasteiger partial charge in [-0.25, -0.2) is 4.79 Å². The van der Waals surface area contributed by atoms with Crippen LogP contribution in [-0.2, 0) is 0 Å². The quantitative estimate of drug-likeness (QED) is 0.177. The molecule has 2 aromatic rings. The number of urea groups is 1. The summed E-state index contributed by atoms with van der Waals surface area (Å²) in [6, 6.07) is 12.2. The summed E-state index contributed by atoms with van der Waals surface area (Å²) in [6.45, 7) is 15.5. The first-order valence-corrected chi connectivity index (χ1v) is 13.2. The van der Waals surface area contributed by atoms with Gasteiger partial charge in [0, 0.05) is 17.8 Å². The maximum Gasteiger partial charge on any atom is 0.323 e. The summed E-state index contributed by atoms with van der Waals surface area (Å²) in [5, 5.41) is 8.73. The second-order valence-corrected chi connectivity index (χ2v) is 9.66. The van der Waals surface area contributed by atoms with E-state index < -0.39 is 6.03 Å². The lowest BCUT2D eigenvalue weighted by Gasteiger charge is -2.16. The first-order valence-electron chi connectivity index (χ1n) is 13.2. The third kappa shape index (κ3) is 8.63. The number of anilines is 2. The predicted octanol–water partition coefficient (Wildman–Crippen LogP) is 6.66. The number of likely N-dealkylation sites (tertiary alicyclic amines) is 1. The fraction of sp³-hybridized carbons (Fsp3) is 0.355. The highest BCUT2D eigenvalue weighted by molar-refractivity contribution is 6.02. The van der Waals surface area contributed by atoms with Crippen molar-refractivity contribution in [3.63, 3.8) is 0 Å². The minimum atomic E-state index is -0.428. The van der Waals surface area contributed by atoms with Crippen LogP contribution in [0.5, 0.6) is 5.75 Å². The van der Waals surface area contributed by atoms with E-state index in [0.29, 0.717) is 35.0 Å². The Hall–Kier alpha value is -3.84. The van der Waals surface area contributed by atoms with Crippen molar-refractivity contribution in [1.29, 1.82) is 0 Å². The number of nitrogens with one attached hydrogen (secondary N) is 3. The van der Waals surface area contributed by atoms with Gasteiger partial charge in [0.2, 0.25) is 0 Å². The number of hydrogen-bond donors (Lipinski definition) is 3. The van der Waals surface area contributed by atoms with Crippen molar-refractivity contribution in [2.45, 2.75) is 47.0 Å². The normalized spacial score (nSPS) is 14.2. The number of benzene rings is 2. The average Bonchev–Trinajstić information content (AvgIpc) is 3.41. The Labute approximate surface area is 226 Å². The molecule has 1 fully saturated rings. The molecule has 38 heavy (non-hydrogen) atoms. The van der Waals surface area contributed by atoms with Gasteiger partial charge in [0.15, 0.2) is 5.75 Å². The van der Waals surface area contributed by atoms with Crippen LogP contribution in [0.3, 0.4) is 0 Å². The number of nitrogens with zero attached hydrogens (tertiary/aromatic N) is 1. The molecule has 0 aliphatic carbocycles. The van der Waals surface area contributed by atoms with Crippen LogP contribution in [0.4, 0.5) is 16.2 Å². The van der Waals surface area contributed by atoms with Gasteiger partial charge in [-0.2, -0.15) is 0 Å². The number of rotatable bonds is 11. The van der Waals surface area contributed by atoms with Crippen LogP contribution in [-0.4, -0.2) is 43.0 Å². The number of hydrogen-bond acceptors (Lipinski definition) is 4. The first kappa shape index (κ1) is 28.7. The molecule has 1 saturated heterocycles. The van der Waals surface area contributed by atoms with Crippen LogP contribution in [0.1, 0.15) is 56.0 Å². The van der Waals surface area contributed by atoms with Gasteiger partial charge in [0.1, 0.15) is 5.76 Å². The van der Waals surface area contributed by atoms with Crippen molar-refractivity contribution < 1.29 is 14.3 Å². The minimum absolute atomic E-state index is 0.190. The SMILES string of the molecule is C=C(C)/C(C)=C\C(=C/C)Oc1ccc(C(=O)NCCCN2CCCC2)cc1NC(=O)Nc1ccccc1C. The number of allylic oxidation sites excluding steroid dienone is 4. The van der Waals surface area contributed by atoms with Crippen LogP contribution in [0, 0.1) is 6.92 Å². The largest absolute Gasteiger partial charge is 0.456 e. The van der Waals surface area contributed by atoms with Crippen LogP contribution in [0.2, 0.25) is 0 Å². The number of carbonyl (C=O) groups excluding carboxylic acids is 2. The number of amides is 3. The highest BCUT2D eigenvalue weighted by Gasteiger charge is 2.15. The Morgan fingerprint density at radius 3 is 2.45 bits per heavy atom. The summed E-state index contributed by atoms with van der Waals surface area (Å²) in [5.41, 5.74) is 4.39. The molecule has 0 aromatic heterocycles. The van der Waals surface area contributed by atoms with Crippen molar-refractivity contribution in [1.82, 2.24) is 10.2 Å². The van der Waals surface area contributed by atoms with E-state index in [-0.39, 0.29) is 5.91 Å². The highest BCUT2D eigenvalue weighted by atomic mass is 16.5. The lowest BCUT2D eigenvalue weighted by atomic mass is 10.1. The molecule has 3 N–H and O–H groups in total. The second-order valence-electron chi connectivity index (χ2n) is 9.66. The van der Waals surface area contributed by atoms with Gasteiger partial charge in [-0.1, -0.05) is 30.4 Å². The topological polar surface area (TPSA) is 82.7 Å². The van der Waals surface area contributed by atoms with E-state index in [1.54, 1.807) is 18.2 Å². The molecule has 0 atom stereocenters. The fourth-order valence-corrected chi connectivity index (χ4v) is 4.10. The molecule has 0 bridgehead atoms. The van der Waals surface area contributed by atoms with Gasteiger partial charge in [0.05, 0.1) is 5.69 Å². The predicted molar refractivity (Wildman–Crippen MR) is 156 cm³/mol. The number of ether oxygens (including phenoxy) is 1. The molecular weight excluding hydrogens is 476 g/mol. The molecule has 0 saturated carbocycles. The van der Waals surface area contributed by atoms with E-state index in [1.165, 1.54) is 12.8 Å². The van der Waals surface area contributed by atoms with Gasteiger partial charge in [-0.15, -0.1) is 0 Å². The molecule has 3 amide bonds. The lowest BCUT2D eigenvalue weighted by Crippen LogP contribution is -2.28. The monoisotopic (exact) mass is 516 g/mol. The standard InChI is InChI=1S/C31H40N4O3/c1-6-26(20-24(5)22(2)3)38-29-15-14-25(30(36)32-16-11-19-35-17-9-10-18-35)21-28(29)34-31(37)33-27-13-8-7-12-23(27)4/h6-8,12-15,20-21H,2,9-11,16-19H2,1,3-5H3,(H,32,36)(H2,33,34,37)/b24-20-,26-6+. The molecular formula is C31H40N4O3. The highest BCUT2D eigenvalue weighted by Crippen LogP contribution is 2.29. The maximum atomic E-state index is 12.9. The Morgan fingerprint density at radius 1 is 1.05 bits per heavy atom. The van der Waals surface area contributed by atoms with Crippen LogP contribution in [0.25, 0.3) is 0 Å². The van der Waals surface area contributed by atoms with E-state index in [2.05, 4.69) is 27.4 Å². The van der Waals surface area contributed by atoms with Crippen LogP contribution < -0.4 is 20.7 Å². The van der Waals surface area contributed by atoms with Crippen molar-refractivity contribution in [3.8, 4) is 5.75 Å². The molecule has 3 rings (SSSR count). The summed E-state index contributed by atoms with van der Waals surface area (Å²) in [7, 11) is 0. The zero-order chi connectivity index (χ0) is 27.5. The summed E-state index contributed by atoms with van der Waals surface area (Å²) in [6.07, 6.45) is 7.14. The van der Waals surface area contributed by atoms with E-state index >= 15 is 0 Å². The van der Waals surface area contributed by atoms with Gasteiger partial charge in [-0.3, -0.25) is 4.79 Å². The Kier molecular flexibility index (Phi) is 10.7. The number of para-hydroxylation sites is 1.